The highest BCUT2D eigenvalue weighted by Crippen LogP contribution is 2.20. The Kier molecular flexibility index (Phi) is 3.14. The van der Waals surface area contributed by atoms with E-state index in [9.17, 15) is 9.18 Å². The molecule has 0 unspecified atom stereocenters. The Labute approximate surface area is 97.9 Å². The second kappa shape index (κ2) is 4.74. The molecule has 0 saturated heterocycles. The molecule has 0 saturated carbocycles. The molecule has 0 fully saturated rings. The van der Waals surface area contributed by atoms with Crippen molar-refractivity contribution in [3.8, 4) is 11.1 Å². The first-order chi connectivity index (χ1) is 8.20. The van der Waals surface area contributed by atoms with Crippen molar-refractivity contribution in [2.24, 2.45) is 0 Å². The molecule has 0 amide bonds. The number of ether oxygens (including phenoxy) is 1. The van der Waals surface area contributed by atoms with E-state index in [0.717, 1.165) is 0 Å². The summed E-state index contributed by atoms with van der Waals surface area (Å²) in [4.78, 5) is 15.3. The monoisotopic (exact) mass is 231 g/mol. The summed E-state index contributed by atoms with van der Waals surface area (Å²) < 4.78 is 17.7. The molecule has 0 aliphatic heterocycles. The quantitative estimate of drug-likeness (QED) is 0.746. The number of hydrogen-bond donors (Lipinski definition) is 0. The first-order valence-corrected chi connectivity index (χ1v) is 5.00. The van der Waals surface area contributed by atoms with E-state index in [0.29, 0.717) is 16.7 Å². The minimum atomic E-state index is -0.462. The van der Waals surface area contributed by atoms with Crippen molar-refractivity contribution in [1.82, 2.24) is 4.98 Å². The van der Waals surface area contributed by atoms with Crippen LogP contribution in [0.2, 0.25) is 0 Å². The fraction of sp³-hybridized carbons (Fsp3) is 0.0769. The first-order valence-electron chi connectivity index (χ1n) is 5.00. The van der Waals surface area contributed by atoms with Crippen molar-refractivity contribution < 1.29 is 13.9 Å². The number of benzene rings is 1. The lowest BCUT2D eigenvalue weighted by molar-refractivity contribution is 0.0600. The summed E-state index contributed by atoms with van der Waals surface area (Å²) in [5.41, 5.74) is 1.69. The van der Waals surface area contributed by atoms with E-state index in [-0.39, 0.29) is 5.82 Å². The van der Waals surface area contributed by atoms with E-state index in [4.69, 9.17) is 0 Å². The molecule has 2 aromatic rings. The van der Waals surface area contributed by atoms with Crippen LogP contribution in [0.25, 0.3) is 11.1 Å². The lowest BCUT2D eigenvalue weighted by Gasteiger charge is -2.03. The zero-order valence-electron chi connectivity index (χ0n) is 9.18. The summed E-state index contributed by atoms with van der Waals surface area (Å²) in [6.45, 7) is 0. The van der Waals surface area contributed by atoms with Gasteiger partial charge in [0.15, 0.2) is 0 Å². The van der Waals surface area contributed by atoms with Gasteiger partial charge in [0.05, 0.1) is 12.7 Å². The Morgan fingerprint density at radius 3 is 2.76 bits per heavy atom. The Morgan fingerprint density at radius 1 is 1.24 bits per heavy atom. The molecule has 1 aromatic heterocycles. The van der Waals surface area contributed by atoms with Gasteiger partial charge in [0.25, 0.3) is 0 Å². The summed E-state index contributed by atoms with van der Waals surface area (Å²) in [5.74, 6) is -0.790. The predicted molar refractivity (Wildman–Crippen MR) is 61.0 cm³/mol. The fourth-order valence-corrected chi connectivity index (χ4v) is 1.50. The summed E-state index contributed by atoms with van der Waals surface area (Å²) in [6.07, 6.45) is 2.98. The Balaban J connectivity index is 2.43. The molecule has 1 heterocycles. The highest BCUT2D eigenvalue weighted by atomic mass is 19.1. The number of halogens is 1. The zero-order chi connectivity index (χ0) is 12.3. The van der Waals surface area contributed by atoms with E-state index < -0.39 is 5.97 Å². The van der Waals surface area contributed by atoms with Crippen LogP contribution in [0, 0.1) is 5.82 Å². The molecular formula is C13H10FNO2. The Hall–Kier alpha value is -2.23. The molecule has 0 spiro atoms. The first kappa shape index (κ1) is 11.3. The number of aromatic nitrogens is 1. The van der Waals surface area contributed by atoms with Crippen molar-refractivity contribution >= 4 is 5.97 Å². The fourth-order valence-electron chi connectivity index (χ4n) is 1.50. The molecule has 86 valence electrons. The molecule has 0 aliphatic rings. The molecule has 0 N–H and O–H groups in total. The van der Waals surface area contributed by atoms with Crippen molar-refractivity contribution in [1.29, 1.82) is 0 Å². The van der Waals surface area contributed by atoms with Gasteiger partial charge < -0.3 is 4.74 Å². The van der Waals surface area contributed by atoms with Gasteiger partial charge in [-0.2, -0.15) is 0 Å². The van der Waals surface area contributed by atoms with E-state index in [1.807, 2.05) is 0 Å². The summed E-state index contributed by atoms with van der Waals surface area (Å²) >= 11 is 0. The maximum Gasteiger partial charge on any atom is 0.339 e. The van der Waals surface area contributed by atoms with Crippen LogP contribution in [-0.4, -0.2) is 18.1 Å². The van der Waals surface area contributed by atoms with E-state index >= 15 is 0 Å². The van der Waals surface area contributed by atoms with Gasteiger partial charge in [-0.25, -0.2) is 9.18 Å². The molecule has 0 aliphatic carbocycles. The molecule has 1 aromatic carbocycles. The SMILES string of the molecule is COC(=O)c1cncc(-c2cccc(F)c2)c1. The van der Waals surface area contributed by atoms with Gasteiger partial charge in [-0.1, -0.05) is 12.1 Å². The summed E-state index contributed by atoms with van der Waals surface area (Å²) in [6, 6.07) is 7.73. The number of carbonyl (C=O) groups is 1. The van der Waals surface area contributed by atoms with Crippen LogP contribution in [0.4, 0.5) is 4.39 Å². The van der Waals surface area contributed by atoms with Crippen molar-refractivity contribution in [3.05, 3.63) is 54.1 Å². The minimum absolute atomic E-state index is 0.328. The predicted octanol–water partition coefficient (Wildman–Crippen LogP) is 2.67. The lowest BCUT2D eigenvalue weighted by Crippen LogP contribution is -2.01. The molecular weight excluding hydrogens is 221 g/mol. The van der Waals surface area contributed by atoms with Gasteiger partial charge >= 0.3 is 5.97 Å². The molecule has 4 heteroatoms. The normalized spacial score (nSPS) is 10.0. The number of carbonyl (C=O) groups excluding carboxylic acids is 1. The number of nitrogens with zero attached hydrogens (tertiary/aromatic N) is 1. The number of pyridine rings is 1. The summed E-state index contributed by atoms with van der Waals surface area (Å²) in [5, 5.41) is 0. The lowest BCUT2D eigenvalue weighted by atomic mass is 10.1. The molecule has 0 bridgehead atoms. The highest BCUT2D eigenvalue weighted by Gasteiger charge is 2.07. The number of rotatable bonds is 2. The maximum absolute atomic E-state index is 13.1. The van der Waals surface area contributed by atoms with E-state index in [1.165, 1.54) is 25.4 Å². The third kappa shape index (κ3) is 2.47. The zero-order valence-corrected chi connectivity index (χ0v) is 9.18. The summed E-state index contributed by atoms with van der Waals surface area (Å²) in [7, 11) is 1.30. The van der Waals surface area contributed by atoms with Crippen LogP contribution in [0.1, 0.15) is 10.4 Å². The largest absolute Gasteiger partial charge is 0.465 e. The number of methoxy groups -OCH3 is 1. The smallest absolute Gasteiger partial charge is 0.339 e. The highest BCUT2D eigenvalue weighted by molar-refractivity contribution is 5.90. The van der Waals surface area contributed by atoms with Crippen LogP contribution in [0.3, 0.4) is 0 Å². The number of esters is 1. The molecule has 0 atom stereocenters. The van der Waals surface area contributed by atoms with Crippen molar-refractivity contribution in [3.63, 3.8) is 0 Å². The Bertz CT molecular complexity index is 555. The van der Waals surface area contributed by atoms with E-state index in [2.05, 4.69) is 9.72 Å². The second-order valence-electron chi connectivity index (χ2n) is 3.46. The van der Waals surface area contributed by atoms with Crippen LogP contribution >= 0.6 is 0 Å². The van der Waals surface area contributed by atoms with Gasteiger partial charge in [0.1, 0.15) is 5.82 Å². The van der Waals surface area contributed by atoms with Crippen molar-refractivity contribution in [2.45, 2.75) is 0 Å². The minimum Gasteiger partial charge on any atom is -0.465 e. The van der Waals surface area contributed by atoms with Gasteiger partial charge in [-0.05, 0) is 23.8 Å². The van der Waals surface area contributed by atoms with Gasteiger partial charge in [0, 0.05) is 18.0 Å². The van der Waals surface area contributed by atoms with E-state index in [1.54, 1.807) is 24.4 Å². The van der Waals surface area contributed by atoms with Gasteiger partial charge in [-0.3, -0.25) is 4.98 Å². The number of hydrogen-bond acceptors (Lipinski definition) is 3. The molecule has 17 heavy (non-hydrogen) atoms. The third-order valence-electron chi connectivity index (χ3n) is 2.32. The topological polar surface area (TPSA) is 39.2 Å². The van der Waals surface area contributed by atoms with Crippen LogP contribution in [-0.2, 0) is 4.74 Å². The average Bonchev–Trinajstić information content (AvgIpc) is 2.38. The van der Waals surface area contributed by atoms with Crippen LogP contribution in [0.5, 0.6) is 0 Å². The standard InChI is InChI=1S/C13H10FNO2/c1-17-13(16)11-5-10(7-15-8-11)9-3-2-4-12(14)6-9/h2-8H,1H3. The molecule has 3 nitrogen and oxygen atoms in total. The maximum atomic E-state index is 13.1. The van der Waals surface area contributed by atoms with Crippen molar-refractivity contribution in [2.75, 3.05) is 7.11 Å². The third-order valence-corrected chi connectivity index (χ3v) is 2.32. The van der Waals surface area contributed by atoms with Gasteiger partial charge in [0.2, 0.25) is 0 Å². The van der Waals surface area contributed by atoms with Crippen LogP contribution in [0.15, 0.2) is 42.7 Å². The Morgan fingerprint density at radius 2 is 2.06 bits per heavy atom. The molecule has 2 rings (SSSR count). The average molecular weight is 231 g/mol. The molecule has 0 radical (unpaired) electrons. The van der Waals surface area contributed by atoms with Crippen LogP contribution < -0.4 is 0 Å². The van der Waals surface area contributed by atoms with Gasteiger partial charge in [-0.15, -0.1) is 0 Å². The second-order valence-corrected chi connectivity index (χ2v) is 3.46.